The van der Waals surface area contributed by atoms with Crippen LogP contribution in [0.5, 0.6) is 0 Å². The molecule has 1 amide bonds. The molecule has 8 heteroatoms. The Labute approximate surface area is 164 Å². The number of thiophene rings is 1. The standard InChI is InChI=1S/C18H23ClN2O3S2/c1-5-21(11-15-7-9-17(19)25-15)18(22)12-20(4)26(23,24)16-8-6-13(2)14(3)10-16/h6-10H,5,11-12H2,1-4H3. The van der Waals surface area contributed by atoms with Gasteiger partial charge in [-0.2, -0.15) is 4.31 Å². The Hall–Kier alpha value is -1.41. The van der Waals surface area contributed by atoms with E-state index in [2.05, 4.69) is 0 Å². The second kappa shape index (κ2) is 8.52. The van der Waals surface area contributed by atoms with E-state index in [1.165, 1.54) is 18.4 Å². The zero-order valence-electron chi connectivity index (χ0n) is 15.3. The molecule has 1 aromatic heterocycles. The van der Waals surface area contributed by atoms with Crippen molar-refractivity contribution in [1.82, 2.24) is 9.21 Å². The number of likely N-dealkylation sites (N-methyl/N-ethyl adjacent to an activating group) is 2. The molecular formula is C18H23ClN2O3S2. The zero-order valence-corrected chi connectivity index (χ0v) is 17.7. The number of benzene rings is 1. The van der Waals surface area contributed by atoms with E-state index in [0.29, 0.717) is 17.4 Å². The minimum Gasteiger partial charge on any atom is -0.337 e. The highest BCUT2D eigenvalue weighted by molar-refractivity contribution is 7.89. The highest BCUT2D eigenvalue weighted by Gasteiger charge is 2.25. The van der Waals surface area contributed by atoms with E-state index in [1.807, 2.05) is 26.8 Å². The molecule has 0 saturated heterocycles. The van der Waals surface area contributed by atoms with Gasteiger partial charge in [-0.05, 0) is 56.2 Å². The van der Waals surface area contributed by atoms with Gasteiger partial charge in [-0.15, -0.1) is 11.3 Å². The smallest absolute Gasteiger partial charge is 0.243 e. The molecule has 0 spiro atoms. The van der Waals surface area contributed by atoms with Gasteiger partial charge in [0.2, 0.25) is 15.9 Å². The summed E-state index contributed by atoms with van der Waals surface area (Å²) in [6, 6.07) is 8.65. The number of hydrogen-bond donors (Lipinski definition) is 0. The fourth-order valence-electron chi connectivity index (χ4n) is 2.43. The summed E-state index contributed by atoms with van der Waals surface area (Å²) >= 11 is 7.34. The monoisotopic (exact) mass is 414 g/mol. The Balaban J connectivity index is 2.11. The first-order chi connectivity index (χ1) is 12.1. The van der Waals surface area contributed by atoms with E-state index in [0.717, 1.165) is 20.3 Å². The quantitative estimate of drug-likeness (QED) is 0.694. The van der Waals surface area contributed by atoms with E-state index < -0.39 is 10.0 Å². The number of aryl methyl sites for hydroxylation is 2. The lowest BCUT2D eigenvalue weighted by molar-refractivity contribution is -0.131. The Kier molecular flexibility index (Phi) is 6.85. The summed E-state index contributed by atoms with van der Waals surface area (Å²) in [5.74, 6) is -0.244. The van der Waals surface area contributed by atoms with Crippen LogP contribution in [0.4, 0.5) is 0 Å². The number of hydrogen-bond acceptors (Lipinski definition) is 4. The summed E-state index contributed by atoms with van der Waals surface area (Å²) in [7, 11) is -2.29. The van der Waals surface area contributed by atoms with E-state index in [-0.39, 0.29) is 17.3 Å². The fraction of sp³-hybridized carbons (Fsp3) is 0.389. The van der Waals surface area contributed by atoms with Crippen LogP contribution in [0.25, 0.3) is 0 Å². The molecule has 0 unspecified atom stereocenters. The van der Waals surface area contributed by atoms with Gasteiger partial charge in [0.15, 0.2) is 0 Å². The molecule has 0 fully saturated rings. The van der Waals surface area contributed by atoms with Crippen LogP contribution >= 0.6 is 22.9 Å². The average Bonchev–Trinajstić information content (AvgIpc) is 2.99. The van der Waals surface area contributed by atoms with Crippen molar-refractivity contribution in [1.29, 1.82) is 0 Å². The van der Waals surface area contributed by atoms with Crippen molar-refractivity contribution in [3.05, 3.63) is 50.7 Å². The normalized spacial score (nSPS) is 11.8. The molecule has 0 bridgehead atoms. The van der Waals surface area contributed by atoms with Gasteiger partial charge < -0.3 is 4.90 Å². The molecule has 0 saturated carbocycles. The molecule has 26 heavy (non-hydrogen) atoms. The third kappa shape index (κ3) is 4.85. The number of nitrogens with zero attached hydrogens (tertiary/aromatic N) is 2. The lowest BCUT2D eigenvalue weighted by atomic mass is 10.1. The molecule has 0 N–H and O–H groups in total. The number of carbonyl (C=O) groups is 1. The van der Waals surface area contributed by atoms with E-state index >= 15 is 0 Å². The molecule has 1 heterocycles. The first-order valence-corrected chi connectivity index (χ1v) is 10.8. The summed E-state index contributed by atoms with van der Waals surface area (Å²) in [5, 5.41) is 0. The van der Waals surface area contributed by atoms with Crippen molar-refractivity contribution in [2.45, 2.75) is 32.2 Å². The second-order valence-electron chi connectivity index (χ2n) is 6.12. The predicted molar refractivity (Wildman–Crippen MR) is 106 cm³/mol. The molecular weight excluding hydrogens is 392 g/mol. The van der Waals surface area contributed by atoms with Gasteiger partial charge in [0, 0.05) is 18.5 Å². The van der Waals surface area contributed by atoms with Crippen molar-refractivity contribution in [2.75, 3.05) is 20.1 Å². The lowest BCUT2D eigenvalue weighted by Gasteiger charge is -2.24. The number of sulfonamides is 1. The van der Waals surface area contributed by atoms with Crippen LogP contribution in [-0.4, -0.2) is 43.7 Å². The molecule has 2 rings (SSSR count). The maximum atomic E-state index is 12.7. The zero-order chi connectivity index (χ0) is 19.5. The van der Waals surface area contributed by atoms with Crippen LogP contribution in [0.1, 0.15) is 22.9 Å². The summed E-state index contributed by atoms with van der Waals surface area (Å²) in [4.78, 5) is 15.4. The second-order valence-corrected chi connectivity index (χ2v) is 9.97. The molecule has 0 aliphatic heterocycles. The molecule has 0 aliphatic rings. The molecule has 5 nitrogen and oxygen atoms in total. The van der Waals surface area contributed by atoms with Crippen molar-refractivity contribution >= 4 is 38.9 Å². The molecule has 142 valence electrons. The molecule has 0 aliphatic carbocycles. The van der Waals surface area contributed by atoms with Gasteiger partial charge in [0.05, 0.1) is 22.3 Å². The SMILES string of the molecule is CCN(Cc1ccc(Cl)s1)C(=O)CN(C)S(=O)(=O)c1ccc(C)c(C)c1. The number of halogens is 1. The summed E-state index contributed by atoms with van der Waals surface area (Å²) < 4.78 is 27.3. The Morgan fingerprint density at radius 2 is 1.85 bits per heavy atom. The minimum absolute atomic E-state index is 0.198. The fourth-order valence-corrected chi connectivity index (χ4v) is 4.74. The molecule has 2 aromatic rings. The van der Waals surface area contributed by atoms with Crippen LogP contribution in [0.15, 0.2) is 35.2 Å². The van der Waals surface area contributed by atoms with Crippen LogP contribution in [0.2, 0.25) is 4.34 Å². The summed E-state index contributed by atoms with van der Waals surface area (Å²) in [6.45, 7) is 6.36. The number of amides is 1. The third-order valence-electron chi connectivity index (χ3n) is 4.25. The maximum absolute atomic E-state index is 12.7. The first kappa shape index (κ1) is 20.9. The summed E-state index contributed by atoms with van der Waals surface area (Å²) in [6.07, 6.45) is 0. The van der Waals surface area contributed by atoms with Crippen molar-refractivity contribution in [2.24, 2.45) is 0 Å². The minimum atomic E-state index is -3.72. The van der Waals surface area contributed by atoms with Crippen molar-refractivity contribution in [3.63, 3.8) is 0 Å². The van der Waals surface area contributed by atoms with Crippen LogP contribution in [0, 0.1) is 13.8 Å². The van der Waals surface area contributed by atoms with E-state index in [9.17, 15) is 13.2 Å². The number of carbonyl (C=O) groups excluding carboxylic acids is 1. The van der Waals surface area contributed by atoms with Gasteiger partial charge >= 0.3 is 0 Å². The molecule has 0 atom stereocenters. The van der Waals surface area contributed by atoms with Crippen LogP contribution < -0.4 is 0 Å². The van der Waals surface area contributed by atoms with Gasteiger partial charge in [-0.3, -0.25) is 4.79 Å². The van der Waals surface area contributed by atoms with Crippen LogP contribution in [-0.2, 0) is 21.4 Å². The van der Waals surface area contributed by atoms with Gasteiger partial charge in [-0.1, -0.05) is 17.7 Å². The van der Waals surface area contributed by atoms with Crippen molar-refractivity contribution < 1.29 is 13.2 Å². The third-order valence-corrected chi connectivity index (χ3v) is 7.27. The Morgan fingerprint density at radius 3 is 2.38 bits per heavy atom. The molecule has 1 aromatic carbocycles. The predicted octanol–water partition coefficient (Wildman–Crippen LogP) is 3.69. The van der Waals surface area contributed by atoms with Gasteiger partial charge in [0.25, 0.3) is 0 Å². The van der Waals surface area contributed by atoms with E-state index in [1.54, 1.807) is 29.2 Å². The van der Waals surface area contributed by atoms with Crippen LogP contribution in [0.3, 0.4) is 0 Å². The highest BCUT2D eigenvalue weighted by atomic mass is 35.5. The average molecular weight is 415 g/mol. The maximum Gasteiger partial charge on any atom is 0.243 e. The number of rotatable bonds is 7. The topological polar surface area (TPSA) is 57.7 Å². The van der Waals surface area contributed by atoms with Gasteiger partial charge in [-0.25, -0.2) is 8.42 Å². The lowest BCUT2D eigenvalue weighted by Crippen LogP contribution is -2.40. The highest BCUT2D eigenvalue weighted by Crippen LogP contribution is 2.23. The Bertz CT molecular complexity index is 894. The van der Waals surface area contributed by atoms with Crippen molar-refractivity contribution in [3.8, 4) is 0 Å². The van der Waals surface area contributed by atoms with Gasteiger partial charge in [0.1, 0.15) is 0 Å². The Morgan fingerprint density at radius 1 is 1.15 bits per heavy atom. The first-order valence-electron chi connectivity index (χ1n) is 8.20. The molecule has 0 radical (unpaired) electrons. The largest absolute Gasteiger partial charge is 0.337 e. The summed E-state index contributed by atoms with van der Waals surface area (Å²) in [5.41, 5.74) is 1.92. The van der Waals surface area contributed by atoms with E-state index in [4.69, 9.17) is 11.6 Å².